The zero-order chi connectivity index (χ0) is 19.8. The predicted molar refractivity (Wildman–Crippen MR) is 113 cm³/mol. The Kier molecular flexibility index (Phi) is 4.37. The van der Waals surface area contributed by atoms with Crippen molar-refractivity contribution in [2.45, 2.75) is 6.54 Å². The fraction of sp³-hybridized carbons (Fsp3) is 0.227. The van der Waals surface area contributed by atoms with Gasteiger partial charge in [-0.3, -0.25) is 9.78 Å². The van der Waals surface area contributed by atoms with E-state index >= 15 is 0 Å². The Bertz CT molecular complexity index is 1270. The minimum Gasteiger partial charge on any atom is -0.378 e. The molecule has 1 fully saturated rings. The Hall–Kier alpha value is -3.45. The average molecular weight is 387 g/mol. The summed E-state index contributed by atoms with van der Waals surface area (Å²) < 4.78 is 9.08. The molecule has 7 heteroatoms. The second kappa shape index (κ2) is 7.18. The molecule has 1 saturated heterocycles. The first-order valence-electron chi connectivity index (χ1n) is 9.63. The number of aromatic nitrogens is 4. The molecule has 1 aliphatic heterocycles. The maximum atomic E-state index is 13.1. The number of morpholine rings is 1. The average Bonchev–Trinajstić information content (AvgIpc) is 3.17. The van der Waals surface area contributed by atoms with Crippen LogP contribution in [0.3, 0.4) is 0 Å². The van der Waals surface area contributed by atoms with Crippen LogP contribution in [0.2, 0.25) is 0 Å². The molecule has 0 bridgehead atoms. The van der Waals surface area contributed by atoms with E-state index in [-0.39, 0.29) is 5.56 Å². The van der Waals surface area contributed by atoms with Crippen molar-refractivity contribution >= 4 is 28.2 Å². The summed E-state index contributed by atoms with van der Waals surface area (Å²) in [5.41, 5.74) is 3.61. The van der Waals surface area contributed by atoms with Crippen molar-refractivity contribution in [3.63, 3.8) is 0 Å². The van der Waals surface area contributed by atoms with Crippen LogP contribution in [0.25, 0.3) is 22.5 Å². The Balaban J connectivity index is 1.52. The first-order chi connectivity index (χ1) is 14.2. The summed E-state index contributed by atoms with van der Waals surface area (Å²) >= 11 is 0. The van der Waals surface area contributed by atoms with Crippen LogP contribution in [0.1, 0.15) is 11.3 Å². The van der Waals surface area contributed by atoms with Gasteiger partial charge in [0.1, 0.15) is 5.65 Å². The fourth-order valence-electron chi connectivity index (χ4n) is 3.81. The van der Waals surface area contributed by atoms with E-state index in [4.69, 9.17) is 4.74 Å². The number of hydrogen-bond acceptors (Lipinski definition) is 5. The van der Waals surface area contributed by atoms with Crippen molar-refractivity contribution in [3.8, 4) is 0 Å². The molecular formula is C22H21N5O2. The van der Waals surface area contributed by atoms with E-state index in [9.17, 15) is 4.79 Å². The lowest BCUT2D eigenvalue weighted by atomic mass is 10.1. The highest BCUT2D eigenvalue weighted by Gasteiger charge is 2.16. The summed E-state index contributed by atoms with van der Waals surface area (Å²) in [4.78, 5) is 24.3. The van der Waals surface area contributed by atoms with Gasteiger partial charge in [-0.05, 0) is 23.8 Å². The predicted octanol–water partition coefficient (Wildman–Crippen LogP) is 2.57. The smallest absolute Gasteiger partial charge is 0.260 e. The van der Waals surface area contributed by atoms with Gasteiger partial charge in [0, 0.05) is 43.3 Å². The molecule has 29 heavy (non-hydrogen) atoms. The molecule has 7 nitrogen and oxygen atoms in total. The molecule has 5 rings (SSSR count). The summed E-state index contributed by atoms with van der Waals surface area (Å²) in [7, 11) is 0. The van der Waals surface area contributed by atoms with Gasteiger partial charge in [-0.2, -0.15) is 0 Å². The summed E-state index contributed by atoms with van der Waals surface area (Å²) in [6, 6.07) is 5.91. The molecule has 4 aromatic rings. The lowest BCUT2D eigenvalue weighted by molar-refractivity contribution is 0.123. The molecule has 146 valence electrons. The van der Waals surface area contributed by atoms with Gasteiger partial charge in [-0.1, -0.05) is 12.7 Å². The summed E-state index contributed by atoms with van der Waals surface area (Å²) in [5.74, 6) is 0. The minimum atomic E-state index is -0.0612. The molecule has 0 spiro atoms. The molecule has 1 aliphatic rings. The highest BCUT2D eigenvalue weighted by molar-refractivity contribution is 5.92. The van der Waals surface area contributed by atoms with Crippen LogP contribution < -0.4 is 10.5 Å². The Morgan fingerprint density at radius 2 is 1.97 bits per heavy atom. The topological polar surface area (TPSA) is 64.7 Å². The molecule has 4 aromatic heterocycles. The number of ether oxygens (including phenoxy) is 1. The largest absolute Gasteiger partial charge is 0.378 e. The molecular weight excluding hydrogens is 366 g/mol. The third kappa shape index (κ3) is 3.19. The quantitative estimate of drug-likeness (QED) is 0.539. The molecule has 0 unspecified atom stereocenters. The van der Waals surface area contributed by atoms with Crippen LogP contribution in [0.15, 0.2) is 60.6 Å². The maximum absolute atomic E-state index is 13.1. The van der Waals surface area contributed by atoms with Crippen molar-refractivity contribution < 1.29 is 4.74 Å². The van der Waals surface area contributed by atoms with Gasteiger partial charge < -0.3 is 18.6 Å². The van der Waals surface area contributed by atoms with Gasteiger partial charge in [0.05, 0.1) is 42.7 Å². The summed E-state index contributed by atoms with van der Waals surface area (Å²) in [6.07, 6.45) is 11.0. The summed E-state index contributed by atoms with van der Waals surface area (Å²) in [5, 5.41) is 1.54. The number of nitrogens with zero attached hydrogens (tertiary/aromatic N) is 5. The third-order valence-corrected chi connectivity index (χ3v) is 5.32. The monoisotopic (exact) mass is 387 g/mol. The van der Waals surface area contributed by atoms with Crippen LogP contribution >= 0.6 is 0 Å². The Morgan fingerprint density at radius 3 is 2.79 bits per heavy atom. The highest BCUT2D eigenvalue weighted by atomic mass is 16.5. The van der Waals surface area contributed by atoms with E-state index in [1.54, 1.807) is 16.8 Å². The minimum absolute atomic E-state index is 0.0612. The molecule has 5 heterocycles. The van der Waals surface area contributed by atoms with E-state index in [2.05, 4.69) is 21.4 Å². The van der Waals surface area contributed by atoms with Crippen molar-refractivity contribution in [3.05, 3.63) is 77.4 Å². The van der Waals surface area contributed by atoms with Gasteiger partial charge in [-0.25, -0.2) is 4.98 Å². The first-order valence-corrected chi connectivity index (χ1v) is 9.63. The van der Waals surface area contributed by atoms with Gasteiger partial charge in [-0.15, -0.1) is 0 Å². The highest BCUT2D eigenvalue weighted by Crippen LogP contribution is 2.24. The third-order valence-electron chi connectivity index (χ3n) is 5.32. The van der Waals surface area contributed by atoms with E-state index in [0.717, 1.165) is 41.1 Å². The van der Waals surface area contributed by atoms with Crippen LogP contribution in [0.5, 0.6) is 0 Å². The van der Waals surface area contributed by atoms with Gasteiger partial charge in [0.2, 0.25) is 0 Å². The normalized spacial score (nSPS) is 14.6. The zero-order valence-corrected chi connectivity index (χ0v) is 16.0. The molecule has 0 saturated carbocycles. The molecule has 0 aliphatic carbocycles. The number of rotatable bonds is 4. The standard InChI is InChI=1S/C22H21N5O2/c1-2-16-3-4-21-24-17(15-27(21)13-16)14-26-6-5-18-19(22(26)28)11-23-12-20(18)25-7-9-29-10-8-25/h2-6,11-13,15H,1,7-10,14H2. The van der Waals surface area contributed by atoms with Crippen LogP contribution in [-0.2, 0) is 11.3 Å². The van der Waals surface area contributed by atoms with Crippen LogP contribution in [0.4, 0.5) is 5.69 Å². The summed E-state index contributed by atoms with van der Waals surface area (Å²) in [6.45, 7) is 7.19. The lowest BCUT2D eigenvalue weighted by Crippen LogP contribution is -2.36. The van der Waals surface area contributed by atoms with Crippen LogP contribution in [0, 0.1) is 0 Å². The van der Waals surface area contributed by atoms with Crippen molar-refractivity contribution in [2.75, 3.05) is 31.2 Å². The molecule has 0 N–H and O–H groups in total. The van der Waals surface area contributed by atoms with E-state index in [1.165, 1.54) is 0 Å². The van der Waals surface area contributed by atoms with Crippen molar-refractivity contribution in [2.24, 2.45) is 0 Å². The number of pyridine rings is 3. The van der Waals surface area contributed by atoms with E-state index in [0.29, 0.717) is 25.1 Å². The molecule has 0 amide bonds. The van der Waals surface area contributed by atoms with Gasteiger partial charge >= 0.3 is 0 Å². The van der Waals surface area contributed by atoms with Crippen molar-refractivity contribution in [1.82, 2.24) is 18.9 Å². The number of fused-ring (bicyclic) bond motifs is 2. The number of hydrogen-bond donors (Lipinski definition) is 0. The number of imidazole rings is 1. The first kappa shape index (κ1) is 17.6. The fourth-order valence-corrected chi connectivity index (χ4v) is 3.81. The Morgan fingerprint density at radius 1 is 1.10 bits per heavy atom. The second-order valence-electron chi connectivity index (χ2n) is 7.13. The van der Waals surface area contributed by atoms with Gasteiger partial charge in [0.25, 0.3) is 5.56 Å². The SMILES string of the molecule is C=Cc1ccc2nc(Cn3ccc4c(N5CCOCC5)cncc4c3=O)cn2c1. The van der Waals surface area contributed by atoms with Gasteiger partial charge in [0.15, 0.2) is 0 Å². The van der Waals surface area contributed by atoms with E-state index < -0.39 is 0 Å². The van der Waals surface area contributed by atoms with E-state index in [1.807, 2.05) is 47.4 Å². The molecule has 0 atom stereocenters. The maximum Gasteiger partial charge on any atom is 0.260 e. The van der Waals surface area contributed by atoms with Crippen molar-refractivity contribution in [1.29, 1.82) is 0 Å². The number of anilines is 1. The molecule has 0 radical (unpaired) electrons. The zero-order valence-electron chi connectivity index (χ0n) is 16.0. The second-order valence-corrected chi connectivity index (χ2v) is 7.13. The lowest BCUT2D eigenvalue weighted by Gasteiger charge is -2.29. The molecule has 0 aromatic carbocycles. The van der Waals surface area contributed by atoms with Crippen LogP contribution in [-0.4, -0.2) is 45.2 Å². The Labute approximate surface area is 167 Å².